The smallest absolute Gasteiger partial charge is 0.218 e. The fraction of sp³-hybridized carbons (Fsp3) is 0. The van der Waals surface area contributed by atoms with Crippen molar-refractivity contribution < 1.29 is 15.0 Å². The van der Waals surface area contributed by atoms with Crippen molar-refractivity contribution in [2.75, 3.05) is 0 Å². The molecule has 0 radical (unpaired) electrons. The second kappa shape index (κ2) is 4.02. The minimum absolute atomic E-state index is 0.0814. The first-order valence-electron chi connectivity index (χ1n) is 4.65. The molecule has 1 aromatic heterocycles. The number of aldehydes is 1. The van der Waals surface area contributed by atoms with Crippen molar-refractivity contribution in [1.29, 1.82) is 0 Å². The van der Waals surface area contributed by atoms with Crippen LogP contribution in [0.1, 0.15) is 10.4 Å². The Balaban J connectivity index is 2.57. The van der Waals surface area contributed by atoms with E-state index in [4.69, 9.17) is 0 Å². The molecule has 1 heterocycles. The van der Waals surface area contributed by atoms with Gasteiger partial charge < -0.3 is 10.2 Å². The zero-order chi connectivity index (χ0) is 11.5. The Morgan fingerprint density at radius 1 is 1.19 bits per heavy atom. The molecular weight excluding hydrogens is 206 g/mol. The van der Waals surface area contributed by atoms with E-state index in [2.05, 4.69) is 4.98 Å². The molecule has 4 heteroatoms. The average molecular weight is 215 g/mol. The Labute approximate surface area is 91.8 Å². The molecule has 0 aliphatic heterocycles. The minimum Gasteiger partial charge on any atom is -0.507 e. The third kappa shape index (κ3) is 1.72. The number of hydrogen-bond acceptors (Lipinski definition) is 4. The summed E-state index contributed by atoms with van der Waals surface area (Å²) in [5.41, 5.74) is 1.33. The van der Waals surface area contributed by atoms with Crippen LogP contribution in [0.15, 0.2) is 36.5 Å². The van der Waals surface area contributed by atoms with Crippen molar-refractivity contribution in [1.82, 2.24) is 4.98 Å². The van der Waals surface area contributed by atoms with E-state index in [9.17, 15) is 15.0 Å². The summed E-state index contributed by atoms with van der Waals surface area (Å²) in [5.74, 6) is -0.188. The molecule has 0 aliphatic rings. The van der Waals surface area contributed by atoms with Gasteiger partial charge in [0.2, 0.25) is 5.88 Å². The van der Waals surface area contributed by atoms with Crippen molar-refractivity contribution in [3.05, 3.63) is 42.1 Å². The van der Waals surface area contributed by atoms with Gasteiger partial charge in [0.05, 0.1) is 5.56 Å². The number of carbonyl (C=O) groups excluding carboxylic acids is 1. The van der Waals surface area contributed by atoms with Crippen LogP contribution in [0.3, 0.4) is 0 Å². The summed E-state index contributed by atoms with van der Waals surface area (Å²) >= 11 is 0. The van der Waals surface area contributed by atoms with Gasteiger partial charge in [-0.15, -0.1) is 0 Å². The third-order valence-electron chi connectivity index (χ3n) is 2.25. The monoisotopic (exact) mass is 215 g/mol. The number of hydrogen-bond donors (Lipinski definition) is 2. The predicted octanol–water partition coefficient (Wildman–Crippen LogP) is 1.97. The van der Waals surface area contributed by atoms with Gasteiger partial charge in [-0.3, -0.25) is 4.79 Å². The summed E-state index contributed by atoms with van der Waals surface area (Å²) in [7, 11) is 0. The van der Waals surface area contributed by atoms with Crippen LogP contribution in [0.25, 0.3) is 11.1 Å². The van der Waals surface area contributed by atoms with E-state index < -0.39 is 0 Å². The molecule has 2 N–H and O–H groups in total. The first kappa shape index (κ1) is 10.2. The van der Waals surface area contributed by atoms with Crippen LogP contribution in [0.2, 0.25) is 0 Å². The maximum Gasteiger partial charge on any atom is 0.218 e. The van der Waals surface area contributed by atoms with Crippen molar-refractivity contribution in [3.8, 4) is 22.8 Å². The van der Waals surface area contributed by atoms with Crippen LogP contribution in [-0.2, 0) is 0 Å². The van der Waals surface area contributed by atoms with Crippen LogP contribution in [0.5, 0.6) is 11.6 Å². The van der Waals surface area contributed by atoms with Gasteiger partial charge in [-0.1, -0.05) is 6.07 Å². The Hall–Kier alpha value is -2.36. The lowest BCUT2D eigenvalue weighted by molar-refractivity contribution is 0.112. The Morgan fingerprint density at radius 3 is 2.69 bits per heavy atom. The van der Waals surface area contributed by atoms with Crippen molar-refractivity contribution in [2.24, 2.45) is 0 Å². The van der Waals surface area contributed by atoms with Crippen LogP contribution in [0, 0.1) is 0 Å². The molecule has 1 aromatic carbocycles. The first-order chi connectivity index (χ1) is 7.72. The van der Waals surface area contributed by atoms with Gasteiger partial charge in [0.1, 0.15) is 5.75 Å². The molecule has 0 saturated carbocycles. The molecule has 0 bridgehead atoms. The van der Waals surface area contributed by atoms with Crippen LogP contribution >= 0.6 is 0 Å². The van der Waals surface area contributed by atoms with Crippen LogP contribution in [-0.4, -0.2) is 21.5 Å². The van der Waals surface area contributed by atoms with Gasteiger partial charge >= 0.3 is 0 Å². The van der Waals surface area contributed by atoms with Gasteiger partial charge in [0.25, 0.3) is 0 Å². The number of pyridine rings is 1. The second-order valence-electron chi connectivity index (χ2n) is 3.27. The highest BCUT2D eigenvalue weighted by molar-refractivity contribution is 5.83. The molecule has 80 valence electrons. The maximum absolute atomic E-state index is 10.7. The molecule has 0 saturated heterocycles. The van der Waals surface area contributed by atoms with Crippen LogP contribution < -0.4 is 0 Å². The van der Waals surface area contributed by atoms with E-state index in [1.54, 1.807) is 18.2 Å². The molecule has 0 atom stereocenters. The van der Waals surface area contributed by atoms with E-state index in [1.807, 2.05) is 0 Å². The molecule has 4 nitrogen and oxygen atoms in total. The molecular formula is C12H9NO3. The molecule has 0 spiro atoms. The number of aromatic hydroxyl groups is 2. The Kier molecular flexibility index (Phi) is 2.55. The van der Waals surface area contributed by atoms with Gasteiger partial charge in [-0.2, -0.15) is 0 Å². The summed E-state index contributed by atoms with van der Waals surface area (Å²) in [4.78, 5) is 14.4. The lowest BCUT2D eigenvalue weighted by atomic mass is 10.0. The zero-order valence-corrected chi connectivity index (χ0v) is 8.29. The van der Waals surface area contributed by atoms with E-state index in [1.165, 1.54) is 18.3 Å². The van der Waals surface area contributed by atoms with E-state index in [0.29, 0.717) is 17.4 Å². The molecule has 0 amide bonds. The van der Waals surface area contributed by atoms with Gasteiger partial charge in [-0.25, -0.2) is 4.98 Å². The molecule has 16 heavy (non-hydrogen) atoms. The first-order valence-corrected chi connectivity index (χ1v) is 4.65. The van der Waals surface area contributed by atoms with Gasteiger partial charge in [0.15, 0.2) is 6.29 Å². The lowest BCUT2D eigenvalue weighted by Crippen LogP contribution is -1.86. The van der Waals surface area contributed by atoms with Gasteiger partial charge in [0, 0.05) is 11.8 Å². The summed E-state index contributed by atoms with van der Waals surface area (Å²) in [6.07, 6.45) is 2.03. The Morgan fingerprint density at radius 2 is 2.00 bits per heavy atom. The summed E-state index contributed by atoms with van der Waals surface area (Å²) in [6, 6.07) is 7.88. The molecule has 0 aliphatic carbocycles. The standard InChI is InChI=1S/C12H9NO3/c14-7-9-6-8(3-4-11(9)15)10-2-1-5-13-12(10)16/h1-7,15H,(H,13,16). The zero-order valence-electron chi connectivity index (χ0n) is 8.29. The van der Waals surface area contributed by atoms with E-state index in [0.717, 1.165) is 0 Å². The summed E-state index contributed by atoms with van der Waals surface area (Å²) in [5, 5.41) is 18.9. The fourth-order valence-corrected chi connectivity index (χ4v) is 1.44. The third-order valence-corrected chi connectivity index (χ3v) is 2.25. The summed E-state index contributed by atoms with van der Waals surface area (Å²) in [6.45, 7) is 0. The quantitative estimate of drug-likeness (QED) is 0.751. The lowest BCUT2D eigenvalue weighted by Gasteiger charge is -2.05. The van der Waals surface area contributed by atoms with Crippen LogP contribution in [0.4, 0.5) is 0 Å². The molecule has 2 rings (SSSR count). The van der Waals surface area contributed by atoms with E-state index >= 15 is 0 Å². The number of benzene rings is 1. The molecule has 2 aromatic rings. The predicted molar refractivity (Wildman–Crippen MR) is 58.4 cm³/mol. The maximum atomic E-state index is 10.7. The van der Waals surface area contributed by atoms with Crippen molar-refractivity contribution in [2.45, 2.75) is 0 Å². The highest BCUT2D eigenvalue weighted by atomic mass is 16.3. The van der Waals surface area contributed by atoms with Crippen molar-refractivity contribution >= 4 is 6.29 Å². The van der Waals surface area contributed by atoms with Crippen molar-refractivity contribution in [3.63, 3.8) is 0 Å². The normalized spacial score (nSPS) is 10.0. The highest BCUT2D eigenvalue weighted by Gasteiger charge is 2.07. The average Bonchev–Trinajstić information content (AvgIpc) is 2.31. The number of nitrogens with zero attached hydrogens (tertiary/aromatic N) is 1. The number of rotatable bonds is 2. The number of phenolic OH excluding ortho intramolecular Hbond substituents is 1. The van der Waals surface area contributed by atoms with Gasteiger partial charge in [-0.05, 0) is 29.8 Å². The molecule has 0 unspecified atom stereocenters. The number of carbonyl (C=O) groups is 1. The minimum atomic E-state index is -0.106. The molecule has 0 fully saturated rings. The summed E-state index contributed by atoms with van der Waals surface area (Å²) < 4.78 is 0. The second-order valence-corrected chi connectivity index (χ2v) is 3.27. The Bertz CT molecular complexity index is 538. The number of phenols is 1. The number of aromatic nitrogens is 1. The fourth-order valence-electron chi connectivity index (χ4n) is 1.44. The largest absolute Gasteiger partial charge is 0.507 e. The topological polar surface area (TPSA) is 70.4 Å². The SMILES string of the molecule is O=Cc1cc(-c2cccnc2O)ccc1O. The highest BCUT2D eigenvalue weighted by Crippen LogP contribution is 2.29. The van der Waals surface area contributed by atoms with E-state index in [-0.39, 0.29) is 17.2 Å².